The van der Waals surface area contributed by atoms with E-state index in [2.05, 4.69) is 48.6 Å². The Labute approximate surface area is 122 Å². The lowest BCUT2D eigenvalue weighted by Gasteiger charge is -2.23. The number of oxime groups is 1. The lowest BCUT2D eigenvalue weighted by molar-refractivity contribution is 0.304. The molecule has 0 unspecified atom stereocenters. The molecule has 0 spiro atoms. The summed E-state index contributed by atoms with van der Waals surface area (Å²) in [5, 5.41) is 15.4. The Morgan fingerprint density at radius 2 is 2.05 bits per heavy atom. The molecule has 0 saturated carbocycles. The smallest absolute Gasteiger partial charge is 0.144 e. The number of amidine groups is 1. The fourth-order valence-electron chi connectivity index (χ4n) is 2.29. The maximum Gasteiger partial charge on any atom is 0.144 e. The van der Waals surface area contributed by atoms with Crippen molar-refractivity contribution in [1.82, 2.24) is 5.32 Å². The van der Waals surface area contributed by atoms with E-state index < -0.39 is 0 Å². The van der Waals surface area contributed by atoms with E-state index >= 15 is 0 Å². The first-order valence-electron chi connectivity index (χ1n) is 7.15. The van der Waals surface area contributed by atoms with Crippen molar-refractivity contribution in [2.45, 2.75) is 46.6 Å². The van der Waals surface area contributed by atoms with Crippen molar-refractivity contribution in [3.05, 3.63) is 35.4 Å². The van der Waals surface area contributed by atoms with Gasteiger partial charge in [0.1, 0.15) is 5.84 Å². The van der Waals surface area contributed by atoms with Crippen LogP contribution in [0.15, 0.2) is 29.4 Å². The summed E-state index contributed by atoms with van der Waals surface area (Å²) < 4.78 is 0. The van der Waals surface area contributed by atoms with E-state index in [0.29, 0.717) is 11.9 Å². The third-order valence-corrected chi connectivity index (χ3v) is 3.89. The lowest BCUT2D eigenvalue weighted by Crippen LogP contribution is -2.33. The molecule has 0 fully saturated rings. The van der Waals surface area contributed by atoms with Gasteiger partial charge in [-0.15, -0.1) is 0 Å². The zero-order chi connectivity index (χ0) is 15.2. The minimum absolute atomic E-state index is 0.262. The number of benzene rings is 1. The predicted molar refractivity (Wildman–Crippen MR) is 84.0 cm³/mol. The van der Waals surface area contributed by atoms with Crippen LogP contribution in [0, 0.1) is 12.3 Å². The van der Waals surface area contributed by atoms with Crippen LogP contribution < -0.4 is 11.1 Å². The fraction of sp³-hybridized carbons (Fsp3) is 0.562. The second-order valence-corrected chi connectivity index (χ2v) is 6.01. The van der Waals surface area contributed by atoms with Crippen LogP contribution in [0.3, 0.4) is 0 Å². The van der Waals surface area contributed by atoms with E-state index in [1.165, 1.54) is 11.1 Å². The summed E-state index contributed by atoms with van der Waals surface area (Å²) >= 11 is 0. The van der Waals surface area contributed by atoms with E-state index in [0.717, 1.165) is 19.4 Å². The van der Waals surface area contributed by atoms with Gasteiger partial charge >= 0.3 is 0 Å². The minimum atomic E-state index is -0.262. The molecule has 1 rings (SSSR count). The van der Waals surface area contributed by atoms with E-state index in [1.54, 1.807) is 0 Å². The van der Waals surface area contributed by atoms with E-state index in [9.17, 15) is 0 Å². The molecule has 0 aliphatic heterocycles. The maximum atomic E-state index is 8.74. The van der Waals surface area contributed by atoms with Gasteiger partial charge in [0.2, 0.25) is 0 Å². The summed E-state index contributed by atoms with van der Waals surface area (Å²) in [4.78, 5) is 0. The molecule has 0 bridgehead atoms. The number of rotatable bonds is 7. The van der Waals surface area contributed by atoms with Crippen molar-refractivity contribution in [1.29, 1.82) is 0 Å². The molecular weight excluding hydrogens is 250 g/mol. The number of nitrogens with two attached hydrogens (primary N) is 1. The van der Waals surface area contributed by atoms with Crippen molar-refractivity contribution >= 4 is 5.84 Å². The first-order valence-corrected chi connectivity index (χ1v) is 7.15. The molecule has 4 N–H and O–H groups in total. The third kappa shape index (κ3) is 4.53. The number of nitrogens with zero attached hydrogens (tertiary/aromatic N) is 1. The lowest BCUT2D eigenvalue weighted by atomic mass is 9.86. The number of hydrogen-bond donors (Lipinski definition) is 3. The van der Waals surface area contributed by atoms with Crippen molar-refractivity contribution in [2.24, 2.45) is 16.3 Å². The molecule has 4 nitrogen and oxygen atoms in total. The Morgan fingerprint density at radius 1 is 1.40 bits per heavy atom. The standard InChI is InChI=1S/C16H27N3O/c1-12-8-5-6-9-14(12)13(2)18-11-7-10-16(3,4)15(17)19-20/h5-6,8-9,13,18,20H,7,10-11H2,1-4H3,(H2,17,19)/t13-/m0/s1. The number of hydrogen-bond acceptors (Lipinski definition) is 3. The first kappa shape index (κ1) is 16.5. The van der Waals surface area contributed by atoms with Crippen molar-refractivity contribution < 1.29 is 5.21 Å². The topological polar surface area (TPSA) is 70.6 Å². The summed E-state index contributed by atoms with van der Waals surface area (Å²) in [5.41, 5.74) is 8.07. The molecule has 0 heterocycles. The molecule has 1 aromatic carbocycles. The summed E-state index contributed by atoms with van der Waals surface area (Å²) in [7, 11) is 0. The van der Waals surface area contributed by atoms with E-state index in [-0.39, 0.29) is 5.41 Å². The quantitative estimate of drug-likeness (QED) is 0.236. The zero-order valence-electron chi connectivity index (χ0n) is 13.0. The van der Waals surface area contributed by atoms with Gasteiger partial charge in [-0.05, 0) is 44.4 Å². The van der Waals surface area contributed by atoms with Crippen LogP contribution >= 0.6 is 0 Å². The second-order valence-electron chi connectivity index (χ2n) is 6.01. The molecule has 0 aliphatic rings. The molecule has 112 valence electrons. The molecular formula is C16H27N3O. The van der Waals surface area contributed by atoms with E-state index in [4.69, 9.17) is 10.9 Å². The van der Waals surface area contributed by atoms with Gasteiger partial charge in [0.15, 0.2) is 0 Å². The van der Waals surface area contributed by atoms with Gasteiger partial charge < -0.3 is 16.3 Å². The Balaban J connectivity index is 2.40. The molecule has 1 aromatic rings. The summed E-state index contributed by atoms with van der Waals surface area (Å²) in [6, 6.07) is 8.76. The Bertz CT molecular complexity index is 455. The minimum Gasteiger partial charge on any atom is -0.409 e. The molecule has 0 aliphatic carbocycles. The monoisotopic (exact) mass is 277 g/mol. The van der Waals surface area contributed by atoms with Crippen LogP contribution in [-0.4, -0.2) is 17.6 Å². The van der Waals surface area contributed by atoms with Crippen molar-refractivity contribution in [3.63, 3.8) is 0 Å². The highest BCUT2D eigenvalue weighted by atomic mass is 16.4. The SMILES string of the molecule is Cc1ccccc1[C@H](C)NCCCC(C)(C)/C(N)=N/O. The van der Waals surface area contributed by atoms with Gasteiger partial charge in [-0.3, -0.25) is 0 Å². The van der Waals surface area contributed by atoms with Gasteiger partial charge in [0.25, 0.3) is 0 Å². The summed E-state index contributed by atoms with van der Waals surface area (Å²) in [6.07, 6.45) is 1.87. The number of nitrogens with one attached hydrogen (secondary N) is 1. The third-order valence-electron chi connectivity index (χ3n) is 3.89. The van der Waals surface area contributed by atoms with Crippen molar-refractivity contribution in [2.75, 3.05) is 6.54 Å². The molecule has 0 amide bonds. The van der Waals surface area contributed by atoms with Crippen molar-refractivity contribution in [3.8, 4) is 0 Å². The highest BCUT2D eigenvalue weighted by Crippen LogP contribution is 2.22. The highest BCUT2D eigenvalue weighted by molar-refractivity contribution is 5.85. The van der Waals surface area contributed by atoms with Crippen LogP contribution in [0.5, 0.6) is 0 Å². The molecule has 20 heavy (non-hydrogen) atoms. The molecule has 1 atom stereocenters. The first-order chi connectivity index (χ1) is 9.38. The van der Waals surface area contributed by atoms with Crippen LogP contribution in [0.25, 0.3) is 0 Å². The number of aryl methyl sites for hydroxylation is 1. The average Bonchev–Trinajstić information content (AvgIpc) is 2.42. The van der Waals surface area contributed by atoms with Crippen LogP contribution in [-0.2, 0) is 0 Å². The Hall–Kier alpha value is -1.55. The molecule has 0 saturated heterocycles. The normalized spacial score (nSPS) is 14.3. The largest absolute Gasteiger partial charge is 0.409 e. The van der Waals surface area contributed by atoms with Gasteiger partial charge in [-0.2, -0.15) is 0 Å². The van der Waals surface area contributed by atoms with Crippen LogP contribution in [0.2, 0.25) is 0 Å². The molecule has 0 radical (unpaired) electrons. The van der Waals surface area contributed by atoms with Gasteiger partial charge in [-0.25, -0.2) is 0 Å². The Kier molecular flexibility index (Phi) is 6.02. The maximum absolute atomic E-state index is 8.74. The molecule has 4 heteroatoms. The fourth-order valence-corrected chi connectivity index (χ4v) is 2.29. The van der Waals surface area contributed by atoms with Crippen LogP contribution in [0.1, 0.15) is 50.8 Å². The van der Waals surface area contributed by atoms with Gasteiger partial charge in [0.05, 0.1) is 0 Å². The summed E-state index contributed by atoms with van der Waals surface area (Å²) in [5.74, 6) is 0.296. The second kappa shape index (κ2) is 7.29. The highest BCUT2D eigenvalue weighted by Gasteiger charge is 2.22. The summed E-state index contributed by atoms with van der Waals surface area (Å²) in [6.45, 7) is 9.21. The predicted octanol–water partition coefficient (Wildman–Crippen LogP) is 3.20. The van der Waals surface area contributed by atoms with Gasteiger partial charge in [0, 0.05) is 11.5 Å². The van der Waals surface area contributed by atoms with Crippen LogP contribution in [0.4, 0.5) is 0 Å². The molecule has 0 aromatic heterocycles. The van der Waals surface area contributed by atoms with Gasteiger partial charge in [-0.1, -0.05) is 43.3 Å². The van der Waals surface area contributed by atoms with E-state index in [1.807, 2.05) is 13.8 Å². The average molecular weight is 277 g/mol. The zero-order valence-corrected chi connectivity index (χ0v) is 13.0. The Morgan fingerprint density at radius 3 is 2.65 bits per heavy atom.